The molecule has 1 heterocycles. The van der Waals surface area contributed by atoms with Crippen LogP contribution in [0.25, 0.3) is 0 Å². The van der Waals surface area contributed by atoms with Gasteiger partial charge in [-0.25, -0.2) is 4.79 Å². The number of carbonyl (C=O) groups is 1. The third-order valence-electron chi connectivity index (χ3n) is 2.27. The maximum absolute atomic E-state index is 11.2. The first-order valence-corrected chi connectivity index (χ1v) is 4.63. The molecule has 0 saturated carbocycles. The van der Waals surface area contributed by atoms with Gasteiger partial charge in [0.25, 0.3) is 0 Å². The van der Waals surface area contributed by atoms with E-state index < -0.39 is 0 Å². The van der Waals surface area contributed by atoms with Gasteiger partial charge in [0.05, 0.1) is 0 Å². The number of hydrogen-bond donors (Lipinski definition) is 2. The Bertz CT molecular complexity index is 351. The van der Waals surface area contributed by atoms with E-state index in [4.69, 9.17) is 5.73 Å². The molecule has 1 aliphatic rings. The third-order valence-corrected chi connectivity index (χ3v) is 2.27. The van der Waals surface area contributed by atoms with Crippen LogP contribution in [0.4, 0.5) is 10.5 Å². The lowest BCUT2D eigenvalue weighted by Gasteiger charge is -2.13. The Balaban J connectivity index is 2.07. The zero-order chi connectivity index (χ0) is 9.97. The molecule has 0 bridgehead atoms. The highest BCUT2D eigenvalue weighted by Crippen LogP contribution is 2.10. The van der Waals surface area contributed by atoms with Gasteiger partial charge in [0, 0.05) is 25.3 Å². The number of benzene rings is 1. The fourth-order valence-electron chi connectivity index (χ4n) is 1.57. The van der Waals surface area contributed by atoms with Crippen LogP contribution in [0.3, 0.4) is 0 Å². The summed E-state index contributed by atoms with van der Waals surface area (Å²) in [4.78, 5) is 13.0. The quantitative estimate of drug-likeness (QED) is 0.679. The van der Waals surface area contributed by atoms with Crippen molar-refractivity contribution in [1.82, 2.24) is 10.2 Å². The molecule has 1 aliphatic heterocycles. The fraction of sp³-hybridized carbons (Fsp3) is 0.300. The second kappa shape index (κ2) is 3.57. The minimum absolute atomic E-state index is 0.00687. The lowest BCUT2D eigenvalue weighted by Crippen LogP contribution is -2.27. The summed E-state index contributed by atoms with van der Waals surface area (Å²) in [5.74, 6) is 0. The number of urea groups is 1. The number of rotatable bonds is 2. The van der Waals surface area contributed by atoms with E-state index >= 15 is 0 Å². The van der Waals surface area contributed by atoms with Crippen molar-refractivity contribution in [2.75, 3.05) is 18.8 Å². The Morgan fingerprint density at radius 1 is 1.50 bits per heavy atom. The minimum atomic E-state index is 0.00687. The number of carbonyl (C=O) groups excluding carboxylic acids is 1. The Labute approximate surface area is 82.7 Å². The first-order valence-electron chi connectivity index (χ1n) is 4.63. The Hall–Kier alpha value is -1.71. The standard InChI is InChI=1S/C10H13N3O/c11-9-3-1-2-8(6-9)7-13-5-4-12-10(13)14/h1-3,6H,4-5,7,11H2,(H,12,14). The summed E-state index contributed by atoms with van der Waals surface area (Å²) in [5, 5.41) is 2.76. The molecule has 0 unspecified atom stereocenters. The summed E-state index contributed by atoms with van der Waals surface area (Å²) in [6.45, 7) is 2.14. The molecule has 0 radical (unpaired) electrons. The smallest absolute Gasteiger partial charge is 0.317 e. The molecule has 1 fully saturated rings. The number of amides is 2. The van der Waals surface area contributed by atoms with Crippen molar-refractivity contribution in [3.05, 3.63) is 29.8 Å². The van der Waals surface area contributed by atoms with E-state index in [1.807, 2.05) is 24.3 Å². The highest BCUT2D eigenvalue weighted by molar-refractivity contribution is 5.76. The van der Waals surface area contributed by atoms with Crippen LogP contribution in [-0.2, 0) is 6.54 Å². The Morgan fingerprint density at radius 3 is 3.00 bits per heavy atom. The highest BCUT2D eigenvalue weighted by Gasteiger charge is 2.18. The number of hydrogen-bond acceptors (Lipinski definition) is 2. The summed E-state index contributed by atoms with van der Waals surface area (Å²) in [5.41, 5.74) is 7.46. The van der Waals surface area contributed by atoms with E-state index in [2.05, 4.69) is 5.32 Å². The van der Waals surface area contributed by atoms with Crippen molar-refractivity contribution >= 4 is 11.7 Å². The van der Waals surface area contributed by atoms with E-state index in [0.29, 0.717) is 6.54 Å². The molecule has 0 spiro atoms. The second-order valence-corrected chi connectivity index (χ2v) is 3.40. The lowest BCUT2D eigenvalue weighted by molar-refractivity contribution is 0.215. The van der Waals surface area contributed by atoms with Crippen LogP contribution in [-0.4, -0.2) is 24.0 Å². The Kier molecular flexibility index (Phi) is 2.26. The van der Waals surface area contributed by atoms with E-state index in [0.717, 1.165) is 24.3 Å². The van der Waals surface area contributed by atoms with Gasteiger partial charge < -0.3 is 16.0 Å². The van der Waals surface area contributed by atoms with Gasteiger partial charge in [-0.15, -0.1) is 0 Å². The predicted molar refractivity (Wildman–Crippen MR) is 54.7 cm³/mol. The second-order valence-electron chi connectivity index (χ2n) is 3.40. The van der Waals surface area contributed by atoms with Gasteiger partial charge in [0.15, 0.2) is 0 Å². The molecule has 14 heavy (non-hydrogen) atoms. The lowest BCUT2D eigenvalue weighted by atomic mass is 10.2. The van der Waals surface area contributed by atoms with Crippen molar-refractivity contribution in [1.29, 1.82) is 0 Å². The van der Waals surface area contributed by atoms with Crippen LogP contribution >= 0.6 is 0 Å². The number of nitrogen functional groups attached to an aromatic ring is 1. The summed E-state index contributed by atoms with van der Waals surface area (Å²) >= 11 is 0. The highest BCUT2D eigenvalue weighted by atomic mass is 16.2. The van der Waals surface area contributed by atoms with E-state index in [9.17, 15) is 4.79 Å². The monoisotopic (exact) mass is 191 g/mol. The zero-order valence-corrected chi connectivity index (χ0v) is 7.86. The zero-order valence-electron chi connectivity index (χ0n) is 7.86. The normalized spacial score (nSPS) is 15.7. The molecular weight excluding hydrogens is 178 g/mol. The van der Waals surface area contributed by atoms with Gasteiger partial charge in [-0.2, -0.15) is 0 Å². The number of nitrogens with two attached hydrogens (primary N) is 1. The molecule has 0 aromatic heterocycles. The molecule has 2 rings (SSSR count). The number of anilines is 1. The fourth-order valence-corrected chi connectivity index (χ4v) is 1.57. The molecule has 4 nitrogen and oxygen atoms in total. The van der Waals surface area contributed by atoms with Crippen LogP contribution < -0.4 is 11.1 Å². The largest absolute Gasteiger partial charge is 0.399 e. The van der Waals surface area contributed by atoms with Crippen LogP contribution in [0.2, 0.25) is 0 Å². The van der Waals surface area contributed by atoms with Crippen LogP contribution in [0, 0.1) is 0 Å². The molecule has 1 saturated heterocycles. The van der Waals surface area contributed by atoms with Crippen molar-refractivity contribution in [3.63, 3.8) is 0 Å². The average Bonchev–Trinajstić information content (AvgIpc) is 2.52. The van der Waals surface area contributed by atoms with Crippen molar-refractivity contribution in [2.24, 2.45) is 0 Å². The topological polar surface area (TPSA) is 58.4 Å². The molecule has 1 aromatic carbocycles. The van der Waals surface area contributed by atoms with Gasteiger partial charge in [-0.3, -0.25) is 0 Å². The molecule has 0 atom stereocenters. The first-order chi connectivity index (χ1) is 6.75. The molecule has 74 valence electrons. The first kappa shape index (κ1) is 8.87. The van der Waals surface area contributed by atoms with Crippen molar-refractivity contribution in [2.45, 2.75) is 6.54 Å². The van der Waals surface area contributed by atoms with Gasteiger partial charge in [0.2, 0.25) is 0 Å². The SMILES string of the molecule is Nc1cccc(CN2CCNC2=O)c1. The van der Waals surface area contributed by atoms with E-state index in [1.165, 1.54) is 0 Å². The third kappa shape index (κ3) is 1.79. The van der Waals surface area contributed by atoms with Crippen LogP contribution in [0.1, 0.15) is 5.56 Å². The summed E-state index contributed by atoms with van der Waals surface area (Å²) in [6.07, 6.45) is 0. The molecule has 2 amide bonds. The van der Waals surface area contributed by atoms with Gasteiger partial charge in [-0.05, 0) is 17.7 Å². The van der Waals surface area contributed by atoms with Crippen molar-refractivity contribution < 1.29 is 4.79 Å². The van der Waals surface area contributed by atoms with E-state index in [-0.39, 0.29) is 6.03 Å². The van der Waals surface area contributed by atoms with Gasteiger partial charge in [0.1, 0.15) is 0 Å². The summed E-state index contributed by atoms with van der Waals surface area (Å²) < 4.78 is 0. The molecule has 4 heteroatoms. The predicted octanol–water partition coefficient (Wildman–Crippen LogP) is 0.794. The summed E-state index contributed by atoms with van der Waals surface area (Å²) in [6, 6.07) is 7.62. The number of nitrogens with zero attached hydrogens (tertiary/aromatic N) is 1. The molecule has 3 N–H and O–H groups in total. The minimum Gasteiger partial charge on any atom is -0.399 e. The molecular formula is C10H13N3O. The van der Waals surface area contributed by atoms with Crippen LogP contribution in [0.5, 0.6) is 0 Å². The Morgan fingerprint density at radius 2 is 2.36 bits per heavy atom. The molecule has 1 aromatic rings. The summed E-state index contributed by atoms with van der Waals surface area (Å²) in [7, 11) is 0. The van der Waals surface area contributed by atoms with Gasteiger partial charge in [-0.1, -0.05) is 12.1 Å². The van der Waals surface area contributed by atoms with Crippen molar-refractivity contribution in [3.8, 4) is 0 Å². The van der Waals surface area contributed by atoms with E-state index in [1.54, 1.807) is 4.90 Å². The maximum Gasteiger partial charge on any atom is 0.317 e. The number of nitrogens with one attached hydrogen (secondary N) is 1. The molecule has 0 aliphatic carbocycles. The average molecular weight is 191 g/mol. The maximum atomic E-state index is 11.2. The van der Waals surface area contributed by atoms with Crippen LogP contribution in [0.15, 0.2) is 24.3 Å². The van der Waals surface area contributed by atoms with Gasteiger partial charge >= 0.3 is 6.03 Å².